The van der Waals surface area contributed by atoms with Gasteiger partial charge in [-0.05, 0) is 6.42 Å². The Kier molecular flexibility index (Phi) is 10.8. The van der Waals surface area contributed by atoms with Gasteiger partial charge in [-0.15, -0.1) is 0 Å². The number of rotatable bonds is 13. The Morgan fingerprint density at radius 2 is 1.32 bits per heavy atom. The maximum Gasteiger partial charge on any atom is 0.328 e. The van der Waals surface area contributed by atoms with Crippen molar-refractivity contribution in [3.05, 3.63) is 0 Å². The third-order valence-corrected chi connectivity index (χ3v) is 3.29. The fraction of sp³-hybridized carbons (Fsp3) is 0.571. The van der Waals surface area contributed by atoms with Gasteiger partial charge in [0.2, 0.25) is 17.7 Å². The van der Waals surface area contributed by atoms with Crippen LogP contribution in [0.15, 0.2) is 0 Å². The van der Waals surface area contributed by atoms with E-state index in [4.69, 9.17) is 26.2 Å². The molecule has 0 saturated carbocycles. The number of aliphatic hydroxyl groups is 1. The summed E-state index contributed by atoms with van der Waals surface area (Å²) in [7, 11) is 0. The highest BCUT2D eigenvalue weighted by Crippen LogP contribution is 2.02. The molecular formula is C14H22N4O10. The van der Waals surface area contributed by atoms with Gasteiger partial charge in [-0.3, -0.25) is 24.0 Å². The molecule has 9 N–H and O–H groups in total. The number of amides is 3. The molecule has 14 heteroatoms. The highest BCUT2D eigenvalue weighted by Gasteiger charge is 2.30. The van der Waals surface area contributed by atoms with Crippen LogP contribution < -0.4 is 21.7 Å². The van der Waals surface area contributed by atoms with E-state index in [0.717, 1.165) is 0 Å². The van der Waals surface area contributed by atoms with E-state index in [0.29, 0.717) is 0 Å². The zero-order valence-corrected chi connectivity index (χ0v) is 14.6. The third-order valence-electron chi connectivity index (χ3n) is 3.29. The van der Waals surface area contributed by atoms with Gasteiger partial charge in [0.25, 0.3) is 0 Å². The molecule has 0 saturated heterocycles. The molecule has 0 fully saturated rings. The second-order valence-electron chi connectivity index (χ2n) is 5.50. The Hall–Kier alpha value is -3.26. The van der Waals surface area contributed by atoms with E-state index >= 15 is 0 Å². The van der Waals surface area contributed by atoms with Crippen LogP contribution in [0.3, 0.4) is 0 Å². The number of hydrogen-bond donors (Lipinski definition) is 8. The summed E-state index contributed by atoms with van der Waals surface area (Å²) in [4.78, 5) is 68.3. The lowest BCUT2D eigenvalue weighted by Crippen LogP contribution is -2.57. The first-order chi connectivity index (χ1) is 13.0. The van der Waals surface area contributed by atoms with E-state index in [1.807, 2.05) is 10.6 Å². The fourth-order valence-corrected chi connectivity index (χ4v) is 1.90. The van der Waals surface area contributed by atoms with Crippen LogP contribution in [0.25, 0.3) is 0 Å². The van der Waals surface area contributed by atoms with Crippen molar-refractivity contribution in [3.8, 4) is 0 Å². The molecule has 0 rings (SSSR count). The van der Waals surface area contributed by atoms with Crippen LogP contribution in [0.4, 0.5) is 0 Å². The molecule has 0 heterocycles. The van der Waals surface area contributed by atoms with E-state index in [1.165, 1.54) is 0 Å². The molecule has 0 aromatic heterocycles. The second kappa shape index (κ2) is 12.2. The van der Waals surface area contributed by atoms with Gasteiger partial charge in [0.15, 0.2) is 0 Å². The third kappa shape index (κ3) is 9.44. The molecule has 0 radical (unpaired) electrons. The molecule has 3 unspecified atom stereocenters. The monoisotopic (exact) mass is 406 g/mol. The molecule has 3 atom stereocenters. The quantitative estimate of drug-likeness (QED) is 0.146. The standard InChI is InChI=1S/C14H22N4O10/c15-4-9(20)16-6(1-2-10(21)22)12(25)17-7(3-11(23)24)13(26)18-8(5-19)14(27)28/h6-8,19H,1-5,15H2,(H,16,20)(H,17,25)(H,18,26)(H,21,22)(H,23,24)(H,27,28). The van der Waals surface area contributed by atoms with Gasteiger partial charge in [-0.1, -0.05) is 0 Å². The number of carboxylic acids is 3. The minimum absolute atomic E-state index is 0.372. The summed E-state index contributed by atoms with van der Waals surface area (Å²) in [6.45, 7) is -1.49. The molecule has 0 aromatic carbocycles. The summed E-state index contributed by atoms with van der Waals surface area (Å²) in [6, 6.07) is -4.91. The summed E-state index contributed by atoms with van der Waals surface area (Å²) in [5.74, 6) is -7.45. The first-order valence-corrected chi connectivity index (χ1v) is 7.89. The van der Waals surface area contributed by atoms with Gasteiger partial charge in [0.1, 0.15) is 18.1 Å². The maximum atomic E-state index is 12.3. The number of carboxylic acid groups (broad SMARTS) is 3. The Morgan fingerprint density at radius 3 is 1.75 bits per heavy atom. The zero-order valence-electron chi connectivity index (χ0n) is 14.6. The van der Waals surface area contributed by atoms with Gasteiger partial charge in [0.05, 0.1) is 19.6 Å². The Labute approximate surface area is 158 Å². The molecule has 0 aromatic rings. The molecule has 14 nitrogen and oxygen atoms in total. The van der Waals surface area contributed by atoms with Gasteiger partial charge < -0.3 is 42.1 Å². The van der Waals surface area contributed by atoms with E-state index in [9.17, 15) is 28.8 Å². The Balaban J connectivity index is 5.32. The van der Waals surface area contributed by atoms with Crippen molar-refractivity contribution in [2.24, 2.45) is 5.73 Å². The molecule has 3 amide bonds. The van der Waals surface area contributed by atoms with Crippen molar-refractivity contribution in [1.82, 2.24) is 16.0 Å². The van der Waals surface area contributed by atoms with Crippen LogP contribution in [-0.2, 0) is 28.8 Å². The topological polar surface area (TPSA) is 245 Å². The molecule has 0 spiro atoms. The summed E-state index contributed by atoms with van der Waals surface area (Å²) >= 11 is 0. The lowest BCUT2D eigenvalue weighted by Gasteiger charge is -2.23. The summed E-state index contributed by atoms with van der Waals surface area (Å²) in [5, 5.41) is 41.3. The molecular weight excluding hydrogens is 384 g/mol. The number of nitrogens with two attached hydrogens (primary N) is 1. The summed E-state index contributed by atoms with van der Waals surface area (Å²) < 4.78 is 0. The molecule has 0 aliphatic heterocycles. The SMILES string of the molecule is NCC(=O)NC(CCC(=O)O)C(=O)NC(CC(=O)O)C(=O)NC(CO)C(=O)O. The Morgan fingerprint density at radius 1 is 0.786 bits per heavy atom. The maximum absolute atomic E-state index is 12.3. The average Bonchev–Trinajstić information content (AvgIpc) is 2.60. The van der Waals surface area contributed by atoms with Crippen LogP contribution >= 0.6 is 0 Å². The minimum Gasteiger partial charge on any atom is -0.481 e. The fourth-order valence-electron chi connectivity index (χ4n) is 1.90. The van der Waals surface area contributed by atoms with E-state index in [-0.39, 0.29) is 6.42 Å². The smallest absolute Gasteiger partial charge is 0.328 e. The van der Waals surface area contributed by atoms with Crippen LogP contribution in [-0.4, -0.2) is 87.3 Å². The Bertz CT molecular complexity index is 623. The predicted molar refractivity (Wildman–Crippen MR) is 88.7 cm³/mol. The van der Waals surface area contributed by atoms with Crippen molar-refractivity contribution in [2.75, 3.05) is 13.2 Å². The molecule has 0 aliphatic carbocycles. The summed E-state index contributed by atoms with van der Waals surface area (Å²) in [6.07, 6.45) is -1.83. The number of aliphatic carboxylic acids is 3. The van der Waals surface area contributed by atoms with Crippen molar-refractivity contribution < 1.29 is 49.2 Å². The molecule has 28 heavy (non-hydrogen) atoms. The van der Waals surface area contributed by atoms with E-state index < -0.39 is 79.7 Å². The zero-order chi connectivity index (χ0) is 21.9. The van der Waals surface area contributed by atoms with Crippen LogP contribution in [0.5, 0.6) is 0 Å². The van der Waals surface area contributed by atoms with Crippen molar-refractivity contribution >= 4 is 35.6 Å². The average molecular weight is 406 g/mol. The number of carbonyl (C=O) groups is 6. The molecule has 158 valence electrons. The van der Waals surface area contributed by atoms with Gasteiger partial charge >= 0.3 is 17.9 Å². The van der Waals surface area contributed by atoms with Gasteiger partial charge in [0, 0.05) is 6.42 Å². The normalized spacial score (nSPS) is 13.5. The van der Waals surface area contributed by atoms with E-state index in [2.05, 4.69) is 5.32 Å². The largest absolute Gasteiger partial charge is 0.481 e. The summed E-state index contributed by atoms with van der Waals surface area (Å²) in [5.41, 5.74) is 5.11. The lowest BCUT2D eigenvalue weighted by molar-refractivity contribution is -0.144. The number of aliphatic hydroxyl groups excluding tert-OH is 1. The highest BCUT2D eigenvalue weighted by molar-refractivity contribution is 5.95. The lowest BCUT2D eigenvalue weighted by atomic mass is 10.1. The van der Waals surface area contributed by atoms with Crippen molar-refractivity contribution in [3.63, 3.8) is 0 Å². The molecule has 0 aliphatic rings. The van der Waals surface area contributed by atoms with Crippen LogP contribution in [0.2, 0.25) is 0 Å². The van der Waals surface area contributed by atoms with Crippen LogP contribution in [0, 0.1) is 0 Å². The number of carbonyl (C=O) groups excluding carboxylic acids is 3. The van der Waals surface area contributed by atoms with Crippen LogP contribution in [0.1, 0.15) is 19.3 Å². The predicted octanol–water partition coefficient (Wildman–Crippen LogP) is -4.18. The first-order valence-electron chi connectivity index (χ1n) is 7.89. The minimum atomic E-state index is -1.75. The van der Waals surface area contributed by atoms with Gasteiger partial charge in [-0.25, -0.2) is 4.79 Å². The molecule has 0 bridgehead atoms. The first kappa shape index (κ1) is 24.7. The number of nitrogens with one attached hydrogen (secondary N) is 3. The highest BCUT2D eigenvalue weighted by atomic mass is 16.4. The van der Waals surface area contributed by atoms with E-state index in [1.54, 1.807) is 0 Å². The van der Waals surface area contributed by atoms with Gasteiger partial charge in [-0.2, -0.15) is 0 Å². The van der Waals surface area contributed by atoms with Crippen molar-refractivity contribution in [2.45, 2.75) is 37.4 Å². The number of hydrogen-bond acceptors (Lipinski definition) is 8. The van der Waals surface area contributed by atoms with Crippen molar-refractivity contribution in [1.29, 1.82) is 0 Å². The second-order valence-corrected chi connectivity index (χ2v) is 5.50.